The van der Waals surface area contributed by atoms with Gasteiger partial charge in [-0.2, -0.15) is 13.2 Å². The van der Waals surface area contributed by atoms with Gasteiger partial charge >= 0.3 is 6.18 Å². The van der Waals surface area contributed by atoms with Gasteiger partial charge in [0.1, 0.15) is 0 Å². The molecule has 0 amide bonds. The first-order valence-electron chi connectivity index (χ1n) is 8.59. The first kappa shape index (κ1) is 22.4. The molecular weight excluding hydrogens is 395 g/mol. The van der Waals surface area contributed by atoms with E-state index < -0.39 is 11.7 Å². The lowest BCUT2D eigenvalue weighted by molar-refractivity contribution is -0.137. The van der Waals surface area contributed by atoms with Gasteiger partial charge in [-0.15, -0.1) is 0 Å². The SMILES string of the molecule is CNC(C)C.Nc1nc2c(c(-c3ccc(C(F)(F)F)cc3Cl)n1)CN(CO)C2. The molecule has 1 aromatic heterocycles. The summed E-state index contributed by atoms with van der Waals surface area (Å²) in [7, 11) is 1.95. The Kier molecular flexibility index (Phi) is 7.22. The van der Waals surface area contributed by atoms with Crippen LogP contribution in [-0.2, 0) is 19.3 Å². The van der Waals surface area contributed by atoms with Gasteiger partial charge in [0.05, 0.1) is 28.7 Å². The summed E-state index contributed by atoms with van der Waals surface area (Å²) < 4.78 is 38.2. The van der Waals surface area contributed by atoms with E-state index in [1.807, 2.05) is 7.05 Å². The van der Waals surface area contributed by atoms with Gasteiger partial charge in [-0.05, 0) is 19.2 Å². The Hall–Kier alpha value is -1.94. The van der Waals surface area contributed by atoms with Crippen LogP contribution in [-0.4, -0.2) is 39.8 Å². The maximum absolute atomic E-state index is 12.7. The summed E-state index contributed by atoms with van der Waals surface area (Å²) in [6.07, 6.45) is -4.47. The van der Waals surface area contributed by atoms with Gasteiger partial charge in [-0.3, -0.25) is 4.90 Å². The van der Waals surface area contributed by atoms with Crippen molar-refractivity contribution in [1.29, 1.82) is 0 Å². The number of halogens is 4. The molecule has 3 rings (SSSR count). The van der Waals surface area contributed by atoms with Crippen molar-refractivity contribution in [2.24, 2.45) is 0 Å². The van der Waals surface area contributed by atoms with E-state index >= 15 is 0 Å². The summed E-state index contributed by atoms with van der Waals surface area (Å²) in [6.45, 7) is 4.82. The lowest BCUT2D eigenvalue weighted by atomic mass is 10.0. The minimum Gasteiger partial charge on any atom is -0.381 e. The van der Waals surface area contributed by atoms with Crippen molar-refractivity contribution in [3.63, 3.8) is 0 Å². The molecule has 0 bridgehead atoms. The molecule has 1 aromatic carbocycles. The minimum atomic E-state index is -4.47. The molecule has 0 spiro atoms. The van der Waals surface area contributed by atoms with Crippen LogP contribution in [0, 0.1) is 0 Å². The molecule has 2 heterocycles. The Bertz CT molecular complexity index is 830. The predicted molar refractivity (Wildman–Crippen MR) is 102 cm³/mol. The third-order valence-corrected chi connectivity index (χ3v) is 4.51. The maximum Gasteiger partial charge on any atom is 0.416 e. The van der Waals surface area contributed by atoms with Crippen molar-refractivity contribution in [1.82, 2.24) is 20.2 Å². The van der Waals surface area contributed by atoms with E-state index in [1.165, 1.54) is 6.07 Å². The molecule has 0 aliphatic carbocycles. The average Bonchev–Trinajstić information content (AvgIpc) is 3.03. The van der Waals surface area contributed by atoms with Gasteiger partial charge in [-0.1, -0.05) is 31.5 Å². The fourth-order valence-corrected chi connectivity index (χ4v) is 2.81. The fraction of sp³-hybridized carbons (Fsp3) is 0.444. The largest absolute Gasteiger partial charge is 0.416 e. The number of aliphatic hydroxyl groups is 1. The van der Waals surface area contributed by atoms with Gasteiger partial charge in [0.2, 0.25) is 5.95 Å². The van der Waals surface area contributed by atoms with Crippen LogP contribution in [0.15, 0.2) is 18.2 Å². The number of aromatic nitrogens is 2. The summed E-state index contributed by atoms with van der Waals surface area (Å²) >= 11 is 6.03. The number of nitrogens with one attached hydrogen (secondary N) is 1. The maximum atomic E-state index is 12.7. The molecule has 0 atom stereocenters. The van der Waals surface area contributed by atoms with Crippen LogP contribution in [0.25, 0.3) is 11.3 Å². The monoisotopic (exact) mass is 417 g/mol. The first-order chi connectivity index (χ1) is 13.1. The number of benzene rings is 1. The molecule has 1 aliphatic rings. The fourth-order valence-electron chi connectivity index (χ4n) is 2.54. The predicted octanol–water partition coefficient (Wildman–Crippen LogP) is 3.28. The van der Waals surface area contributed by atoms with Crippen molar-refractivity contribution in [2.75, 3.05) is 19.5 Å². The van der Waals surface area contributed by atoms with Gasteiger partial charge in [0.25, 0.3) is 0 Å². The summed E-state index contributed by atoms with van der Waals surface area (Å²) in [5.41, 5.74) is 6.93. The Balaban J connectivity index is 0.000000500. The number of rotatable bonds is 3. The minimum absolute atomic E-state index is 0.00880. The van der Waals surface area contributed by atoms with Crippen molar-refractivity contribution in [3.05, 3.63) is 40.0 Å². The summed E-state index contributed by atoms with van der Waals surface area (Å²) in [5, 5.41) is 12.2. The molecule has 4 N–H and O–H groups in total. The second-order valence-corrected chi connectivity index (χ2v) is 7.03. The van der Waals surface area contributed by atoms with E-state index in [-0.39, 0.29) is 17.7 Å². The number of fused-ring (bicyclic) bond motifs is 1. The van der Waals surface area contributed by atoms with Crippen LogP contribution >= 0.6 is 11.6 Å². The molecule has 1 aliphatic heterocycles. The Labute approximate surface area is 166 Å². The standard InChI is InChI=1S/C14H12ClF3N4O.C4H11N/c15-10-3-7(14(16,17)18)1-2-8(10)12-9-4-22(6-23)5-11(9)20-13(19)21-12;1-4(2)5-3/h1-3,23H,4-6H2,(H2,19,20,21);4-5H,1-3H3. The van der Waals surface area contributed by atoms with Crippen molar-refractivity contribution in [2.45, 2.75) is 39.2 Å². The number of aliphatic hydroxyl groups excluding tert-OH is 1. The summed E-state index contributed by atoms with van der Waals surface area (Å²) in [6, 6.07) is 3.72. The van der Waals surface area contributed by atoms with E-state index in [1.54, 1.807) is 4.90 Å². The van der Waals surface area contributed by atoms with Crippen molar-refractivity contribution < 1.29 is 18.3 Å². The van der Waals surface area contributed by atoms with Crippen LogP contribution in [0.4, 0.5) is 19.1 Å². The normalized spacial score (nSPS) is 14.0. The molecule has 154 valence electrons. The number of alkyl halides is 3. The number of anilines is 1. The van der Waals surface area contributed by atoms with Crippen LogP contribution in [0.1, 0.15) is 30.7 Å². The van der Waals surface area contributed by atoms with Crippen LogP contribution in [0.2, 0.25) is 5.02 Å². The van der Waals surface area contributed by atoms with Crippen LogP contribution < -0.4 is 11.1 Å². The molecule has 0 saturated heterocycles. The molecule has 0 radical (unpaired) electrons. The zero-order valence-corrected chi connectivity index (χ0v) is 16.6. The highest BCUT2D eigenvalue weighted by Gasteiger charge is 2.32. The molecule has 10 heteroatoms. The van der Waals surface area contributed by atoms with Crippen LogP contribution in [0.3, 0.4) is 0 Å². The van der Waals surface area contributed by atoms with Crippen molar-refractivity contribution in [3.8, 4) is 11.3 Å². The highest BCUT2D eigenvalue weighted by Crippen LogP contribution is 2.38. The quantitative estimate of drug-likeness (QED) is 0.710. The highest BCUT2D eigenvalue weighted by atomic mass is 35.5. The Morgan fingerprint density at radius 2 is 1.93 bits per heavy atom. The van der Waals surface area contributed by atoms with Crippen LogP contribution in [0.5, 0.6) is 0 Å². The third kappa shape index (κ3) is 5.32. The number of hydrogen-bond acceptors (Lipinski definition) is 6. The topological polar surface area (TPSA) is 87.3 Å². The molecule has 2 aromatic rings. The Morgan fingerprint density at radius 3 is 2.43 bits per heavy atom. The molecule has 0 unspecified atom stereocenters. The van der Waals surface area contributed by atoms with E-state index in [9.17, 15) is 18.3 Å². The number of nitrogens with zero attached hydrogens (tertiary/aromatic N) is 3. The summed E-state index contributed by atoms with van der Waals surface area (Å²) in [4.78, 5) is 9.94. The highest BCUT2D eigenvalue weighted by molar-refractivity contribution is 6.33. The van der Waals surface area contributed by atoms with E-state index in [4.69, 9.17) is 17.3 Å². The zero-order chi connectivity index (χ0) is 21.1. The molecule has 28 heavy (non-hydrogen) atoms. The third-order valence-electron chi connectivity index (χ3n) is 4.19. The van der Waals surface area contributed by atoms with E-state index in [2.05, 4.69) is 29.1 Å². The summed E-state index contributed by atoms with van der Waals surface area (Å²) in [5.74, 6) is 0.00880. The Morgan fingerprint density at radius 1 is 1.29 bits per heavy atom. The van der Waals surface area contributed by atoms with Crippen molar-refractivity contribution >= 4 is 17.5 Å². The average molecular weight is 418 g/mol. The molecular formula is C18H23ClF3N5O. The van der Waals surface area contributed by atoms with E-state index in [0.717, 1.165) is 12.1 Å². The zero-order valence-electron chi connectivity index (χ0n) is 15.8. The lowest BCUT2D eigenvalue weighted by Crippen LogP contribution is -2.16. The second kappa shape index (κ2) is 9.04. The lowest BCUT2D eigenvalue weighted by Gasteiger charge is -2.12. The smallest absolute Gasteiger partial charge is 0.381 e. The molecule has 0 fully saturated rings. The first-order valence-corrected chi connectivity index (χ1v) is 8.97. The van der Waals surface area contributed by atoms with E-state index in [0.29, 0.717) is 41.6 Å². The molecule has 0 saturated carbocycles. The number of nitrogen functional groups attached to an aromatic ring is 1. The van der Waals surface area contributed by atoms with Gasteiger partial charge in [0, 0.05) is 30.3 Å². The van der Waals surface area contributed by atoms with Gasteiger partial charge in [0.15, 0.2) is 0 Å². The number of nitrogens with two attached hydrogens (primary N) is 1. The number of hydrogen-bond donors (Lipinski definition) is 3. The second-order valence-electron chi connectivity index (χ2n) is 6.62. The van der Waals surface area contributed by atoms with Gasteiger partial charge < -0.3 is 16.2 Å². The molecule has 6 nitrogen and oxygen atoms in total. The van der Waals surface area contributed by atoms with Gasteiger partial charge in [-0.25, -0.2) is 9.97 Å².